The van der Waals surface area contributed by atoms with Crippen LogP contribution in [0.15, 0.2) is 309 Å². The molecule has 0 aliphatic carbocycles. The average molecular weight is 978 g/mol. The quantitative estimate of drug-likeness (QED) is 0.123. The highest BCUT2D eigenvalue weighted by atomic mass is 15.1. The summed E-state index contributed by atoms with van der Waals surface area (Å²) in [5.74, 6) is 0. The second-order valence-corrected chi connectivity index (χ2v) is 20.1. The van der Waals surface area contributed by atoms with Gasteiger partial charge in [0.05, 0.1) is 0 Å². The summed E-state index contributed by atoms with van der Waals surface area (Å²) in [6.45, 7) is 0. The van der Waals surface area contributed by atoms with E-state index in [2.05, 4.69) is 314 Å². The summed E-state index contributed by atoms with van der Waals surface area (Å²) in [4.78, 5) is 2.37. The van der Waals surface area contributed by atoms with Gasteiger partial charge in [-0.25, -0.2) is 0 Å². The van der Waals surface area contributed by atoms with Crippen LogP contribution in [0.25, 0.3) is 121 Å². The van der Waals surface area contributed by atoms with Gasteiger partial charge < -0.3 is 4.90 Å². The first-order valence-electron chi connectivity index (χ1n) is 26.5. The van der Waals surface area contributed by atoms with Gasteiger partial charge >= 0.3 is 0 Å². The average Bonchev–Trinajstić information content (AvgIpc) is 3.51. The number of hydrogen-bond acceptors (Lipinski definition) is 1. The molecule has 0 bridgehead atoms. The first-order valence-corrected chi connectivity index (χ1v) is 26.5. The van der Waals surface area contributed by atoms with Crippen LogP contribution in [0.3, 0.4) is 0 Å². The molecule has 0 aliphatic heterocycles. The Kier molecular flexibility index (Phi) is 11.6. The Balaban J connectivity index is 0.809. The normalized spacial score (nSPS) is 11.4. The second kappa shape index (κ2) is 19.6. The number of fused-ring (bicyclic) bond motifs is 6. The van der Waals surface area contributed by atoms with Crippen LogP contribution in [0, 0.1) is 0 Å². The zero-order valence-corrected chi connectivity index (χ0v) is 42.4. The molecule has 14 aromatic rings. The third-order valence-corrected chi connectivity index (χ3v) is 15.4. The summed E-state index contributed by atoms with van der Waals surface area (Å²) < 4.78 is 0. The molecule has 1 heteroatoms. The molecule has 14 aromatic carbocycles. The highest BCUT2D eigenvalue weighted by molar-refractivity contribution is 6.09. The van der Waals surface area contributed by atoms with E-state index in [0.29, 0.717) is 0 Å². The molecule has 0 aliphatic rings. The van der Waals surface area contributed by atoms with Crippen LogP contribution >= 0.6 is 0 Å². The summed E-state index contributed by atoms with van der Waals surface area (Å²) in [5, 5.41) is 10.2. The highest BCUT2D eigenvalue weighted by Crippen LogP contribution is 2.41. The van der Waals surface area contributed by atoms with Crippen molar-refractivity contribution in [3.8, 4) is 77.9 Å². The predicted molar refractivity (Wildman–Crippen MR) is 329 cm³/mol. The van der Waals surface area contributed by atoms with E-state index >= 15 is 0 Å². The number of anilines is 3. The van der Waals surface area contributed by atoms with Gasteiger partial charge in [0.1, 0.15) is 0 Å². The largest absolute Gasteiger partial charge is 0.311 e. The fourth-order valence-corrected chi connectivity index (χ4v) is 11.4. The Morgan fingerprint density at radius 2 is 0.403 bits per heavy atom. The van der Waals surface area contributed by atoms with E-state index in [4.69, 9.17) is 0 Å². The first-order chi connectivity index (χ1) is 38.1. The summed E-state index contributed by atoms with van der Waals surface area (Å²) in [5.41, 5.74) is 19.9. The SMILES string of the molecule is c1ccc(-c2cc(-c3ccccc3)cc(-c3ccc(N(c4ccc(-c5cccc(-c6ccc7c(ccc8ccccc87)c6)c5)cc4)c4ccc(-c5cccc(-c6ccc7c(ccc8ccccc87)c6)c5)cc4)cc3)c2)cc1. The maximum absolute atomic E-state index is 2.37. The lowest BCUT2D eigenvalue weighted by Crippen LogP contribution is -2.09. The molecule has 0 N–H and O–H groups in total. The summed E-state index contributed by atoms with van der Waals surface area (Å²) in [6.07, 6.45) is 0. The van der Waals surface area contributed by atoms with Gasteiger partial charge in [-0.15, -0.1) is 0 Å². The van der Waals surface area contributed by atoms with E-state index in [0.717, 1.165) is 22.6 Å². The fraction of sp³-hybridized carbons (Fsp3) is 0. The van der Waals surface area contributed by atoms with Crippen molar-refractivity contribution < 1.29 is 0 Å². The molecular formula is C76H51N. The van der Waals surface area contributed by atoms with Crippen molar-refractivity contribution in [2.75, 3.05) is 4.90 Å². The summed E-state index contributed by atoms with van der Waals surface area (Å²) in [7, 11) is 0. The molecule has 0 aromatic heterocycles. The van der Waals surface area contributed by atoms with Gasteiger partial charge in [-0.2, -0.15) is 0 Å². The molecule has 0 radical (unpaired) electrons. The molecular weight excluding hydrogens is 927 g/mol. The van der Waals surface area contributed by atoms with Crippen LogP contribution in [0.1, 0.15) is 0 Å². The molecule has 0 saturated carbocycles. The fourth-order valence-electron chi connectivity index (χ4n) is 11.4. The molecule has 0 saturated heterocycles. The maximum atomic E-state index is 2.37. The van der Waals surface area contributed by atoms with E-state index < -0.39 is 0 Å². The van der Waals surface area contributed by atoms with Crippen molar-refractivity contribution in [3.05, 3.63) is 309 Å². The van der Waals surface area contributed by atoms with Crippen LogP contribution < -0.4 is 4.90 Å². The molecule has 0 atom stereocenters. The molecule has 0 spiro atoms. The van der Waals surface area contributed by atoms with Crippen LogP contribution in [0.2, 0.25) is 0 Å². The number of hydrogen-bond donors (Lipinski definition) is 0. The van der Waals surface area contributed by atoms with Crippen molar-refractivity contribution in [2.24, 2.45) is 0 Å². The smallest absolute Gasteiger partial charge is 0.0462 e. The van der Waals surface area contributed by atoms with E-state index in [9.17, 15) is 0 Å². The Labute approximate surface area is 449 Å². The highest BCUT2D eigenvalue weighted by Gasteiger charge is 2.16. The number of rotatable bonds is 10. The van der Waals surface area contributed by atoms with Crippen molar-refractivity contribution in [2.45, 2.75) is 0 Å². The van der Waals surface area contributed by atoms with Gasteiger partial charge in [-0.3, -0.25) is 0 Å². The van der Waals surface area contributed by atoms with Gasteiger partial charge in [0.25, 0.3) is 0 Å². The van der Waals surface area contributed by atoms with Crippen molar-refractivity contribution in [3.63, 3.8) is 0 Å². The molecule has 1 nitrogen and oxygen atoms in total. The minimum absolute atomic E-state index is 1.08. The second-order valence-electron chi connectivity index (χ2n) is 20.1. The Morgan fingerprint density at radius 1 is 0.143 bits per heavy atom. The molecule has 0 heterocycles. The van der Waals surface area contributed by atoms with Gasteiger partial charge in [0, 0.05) is 17.1 Å². The number of nitrogens with zero attached hydrogens (tertiary/aromatic N) is 1. The Bertz CT molecular complexity index is 4200. The molecule has 0 unspecified atom stereocenters. The minimum Gasteiger partial charge on any atom is -0.311 e. The summed E-state index contributed by atoms with van der Waals surface area (Å²) >= 11 is 0. The van der Waals surface area contributed by atoms with Gasteiger partial charge in [-0.1, -0.05) is 231 Å². The maximum Gasteiger partial charge on any atom is 0.0462 e. The van der Waals surface area contributed by atoms with Crippen molar-refractivity contribution in [1.29, 1.82) is 0 Å². The third-order valence-electron chi connectivity index (χ3n) is 15.4. The Morgan fingerprint density at radius 3 is 0.805 bits per heavy atom. The lowest BCUT2D eigenvalue weighted by atomic mass is 9.93. The predicted octanol–water partition coefficient (Wildman–Crippen LogP) is 21.4. The molecule has 0 fully saturated rings. The monoisotopic (exact) mass is 977 g/mol. The lowest BCUT2D eigenvalue weighted by Gasteiger charge is -2.26. The van der Waals surface area contributed by atoms with Gasteiger partial charge in [-0.05, 0) is 200 Å². The van der Waals surface area contributed by atoms with Crippen molar-refractivity contribution in [1.82, 2.24) is 0 Å². The van der Waals surface area contributed by atoms with E-state index in [1.807, 2.05) is 0 Å². The van der Waals surface area contributed by atoms with E-state index in [1.165, 1.54) is 115 Å². The minimum atomic E-state index is 1.08. The van der Waals surface area contributed by atoms with Gasteiger partial charge in [0.2, 0.25) is 0 Å². The zero-order chi connectivity index (χ0) is 51.1. The Hall–Kier alpha value is -10.1. The molecule has 360 valence electrons. The van der Waals surface area contributed by atoms with Crippen LogP contribution in [-0.2, 0) is 0 Å². The molecule has 0 amide bonds. The van der Waals surface area contributed by atoms with Crippen LogP contribution in [-0.4, -0.2) is 0 Å². The summed E-state index contributed by atoms with van der Waals surface area (Å²) in [6, 6.07) is 113. The van der Waals surface area contributed by atoms with E-state index in [-0.39, 0.29) is 0 Å². The zero-order valence-electron chi connectivity index (χ0n) is 42.4. The van der Waals surface area contributed by atoms with Crippen LogP contribution in [0.5, 0.6) is 0 Å². The molecule has 77 heavy (non-hydrogen) atoms. The topological polar surface area (TPSA) is 3.24 Å². The van der Waals surface area contributed by atoms with E-state index in [1.54, 1.807) is 0 Å². The first kappa shape index (κ1) is 45.5. The third kappa shape index (κ3) is 8.90. The number of benzene rings is 14. The van der Waals surface area contributed by atoms with Gasteiger partial charge in [0.15, 0.2) is 0 Å². The molecule has 14 rings (SSSR count). The van der Waals surface area contributed by atoms with Crippen LogP contribution in [0.4, 0.5) is 17.1 Å². The standard InChI is InChI=1S/C76H51N/c1-3-13-52(14-4-1)67-49-68(53-15-5-2-6-16-53)51-69(50-67)56-33-41-72(42-34-56)77(70-37-29-54(30-38-70)59-19-11-21-61(45-59)63-35-43-75-65(47-63)27-25-57-17-7-9-23-73(57)75)71-39-31-55(32-40-71)60-20-12-22-62(46-60)64-36-44-76-66(48-64)28-26-58-18-8-10-24-74(58)76/h1-51H. The lowest BCUT2D eigenvalue weighted by molar-refractivity contribution is 1.28. The van der Waals surface area contributed by atoms with Crippen molar-refractivity contribution >= 4 is 60.2 Å².